The van der Waals surface area contributed by atoms with Crippen LogP contribution in [0, 0.1) is 12.8 Å². The highest BCUT2D eigenvalue weighted by atomic mass is 16.5. The van der Waals surface area contributed by atoms with Crippen LogP contribution in [-0.4, -0.2) is 41.7 Å². The summed E-state index contributed by atoms with van der Waals surface area (Å²) in [4.78, 5) is 18.4. The van der Waals surface area contributed by atoms with Crippen molar-refractivity contribution in [3.63, 3.8) is 0 Å². The number of pyridine rings is 1. The summed E-state index contributed by atoms with van der Waals surface area (Å²) in [6.07, 6.45) is 6.68. The van der Waals surface area contributed by atoms with Crippen LogP contribution in [-0.2, 0) is 11.3 Å². The number of carbonyl (C=O) groups excluding carboxylic acids is 1. The second-order valence-corrected chi connectivity index (χ2v) is 6.47. The van der Waals surface area contributed by atoms with Crippen molar-refractivity contribution >= 4 is 6.03 Å². The Morgan fingerprint density at radius 3 is 3.09 bits per heavy atom. The summed E-state index contributed by atoms with van der Waals surface area (Å²) < 4.78 is 5.93. The molecule has 1 N–H and O–H groups in total. The fourth-order valence-corrected chi connectivity index (χ4v) is 2.79. The third kappa shape index (κ3) is 4.44. The summed E-state index contributed by atoms with van der Waals surface area (Å²) in [5.41, 5.74) is 2.05. The molecule has 2 heterocycles. The average Bonchev–Trinajstić information content (AvgIpc) is 3.35. The van der Waals surface area contributed by atoms with Crippen molar-refractivity contribution < 1.29 is 9.53 Å². The van der Waals surface area contributed by atoms with E-state index in [1.807, 2.05) is 24.0 Å². The van der Waals surface area contributed by atoms with Crippen molar-refractivity contribution in [1.82, 2.24) is 15.2 Å². The molecule has 5 heteroatoms. The van der Waals surface area contributed by atoms with E-state index in [1.165, 1.54) is 12.8 Å². The topological polar surface area (TPSA) is 54.5 Å². The van der Waals surface area contributed by atoms with Crippen LogP contribution in [0.3, 0.4) is 0 Å². The minimum absolute atomic E-state index is 0.0111. The van der Waals surface area contributed by atoms with Gasteiger partial charge >= 0.3 is 6.03 Å². The van der Waals surface area contributed by atoms with E-state index in [4.69, 9.17) is 4.74 Å². The number of nitrogens with one attached hydrogen (secondary N) is 1. The SMILES string of the molecule is Cc1ccnc(CNC(=O)N2CCC[C@H](OCC3CC3)C2)c1. The van der Waals surface area contributed by atoms with E-state index in [0.717, 1.165) is 43.2 Å². The molecule has 0 radical (unpaired) electrons. The number of hydrogen-bond donors (Lipinski definition) is 1. The van der Waals surface area contributed by atoms with E-state index in [1.54, 1.807) is 6.20 Å². The molecule has 1 aliphatic carbocycles. The molecule has 1 saturated heterocycles. The number of rotatable bonds is 5. The first kappa shape index (κ1) is 15.3. The van der Waals surface area contributed by atoms with Gasteiger partial charge < -0.3 is 15.0 Å². The molecule has 5 nitrogen and oxygen atoms in total. The maximum Gasteiger partial charge on any atom is 0.317 e. The summed E-state index contributed by atoms with van der Waals surface area (Å²) in [5, 5.41) is 2.96. The minimum atomic E-state index is -0.0111. The monoisotopic (exact) mass is 303 g/mol. The zero-order valence-corrected chi connectivity index (χ0v) is 13.3. The molecule has 120 valence electrons. The van der Waals surface area contributed by atoms with E-state index < -0.39 is 0 Å². The molecule has 0 unspecified atom stereocenters. The van der Waals surface area contributed by atoms with Gasteiger partial charge in [-0.15, -0.1) is 0 Å². The normalized spacial score (nSPS) is 21.7. The number of aryl methyl sites for hydroxylation is 1. The Bertz CT molecular complexity index is 516. The highest BCUT2D eigenvalue weighted by Gasteiger charge is 2.27. The van der Waals surface area contributed by atoms with E-state index in [0.29, 0.717) is 13.1 Å². The molecule has 0 aromatic carbocycles. The standard InChI is InChI=1S/C17H25N3O2/c1-13-6-7-18-15(9-13)10-19-17(21)20-8-2-3-16(11-20)22-12-14-4-5-14/h6-7,9,14,16H,2-5,8,10-12H2,1H3,(H,19,21)/t16-/m0/s1. The molecule has 1 aromatic rings. The number of aromatic nitrogens is 1. The predicted octanol–water partition coefficient (Wildman–Crippen LogP) is 2.49. The van der Waals surface area contributed by atoms with Crippen LogP contribution in [0.1, 0.15) is 36.9 Å². The highest BCUT2D eigenvalue weighted by Crippen LogP contribution is 2.29. The lowest BCUT2D eigenvalue weighted by molar-refractivity contribution is 0.00454. The van der Waals surface area contributed by atoms with Crippen LogP contribution in [0.2, 0.25) is 0 Å². The molecule has 22 heavy (non-hydrogen) atoms. The number of nitrogens with zero attached hydrogens (tertiary/aromatic N) is 2. The van der Waals surface area contributed by atoms with Crippen LogP contribution in [0.15, 0.2) is 18.3 Å². The van der Waals surface area contributed by atoms with Crippen LogP contribution >= 0.6 is 0 Å². The molecule has 2 aliphatic rings. The first-order valence-electron chi connectivity index (χ1n) is 8.26. The fourth-order valence-electron chi connectivity index (χ4n) is 2.79. The van der Waals surface area contributed by atoms with Crippen molar-refractivity contribution in [2.75, 3.05) is 19.7 Å². The molecule has 1 saturated carbocycles. The number of ether oxygens (including phenoxy) is 1. The third-order valence-electron chi connectivity index (χ3n) is 4.32. The average molecular weight is 303 g/mol. The smallest absolute Gasteiger partial charge is 0.317 e. The Morgan fingerprint density at radius 2 is 2.32 bits per heavy atom. The lowest BCUT2D eigenvalue weighted by atomic mass is 10.1. The Hall–Kier alpha value is -1.62. The molecule has 1 atom stereocenters. The van der Waals surface area contributed by atoms with Gasteiger partial charge in [0.15, 0.2) is 0 Å². The number of likely N-dealkylation sites (tertiary alicyclic amines) is 1. The Kier molecular flexibility index (Phi) is 4.93. The van der Waals surface area contributed by atoms with E-state index >= 15 is 0 Å². The first-order chi connectivity index (χ1) is 10.7. The summed E-state index contributed by atoms with van der Waals surface area (Å²) in [7, 11) is 0. The van der Waals surface area contributed by atoms with E-state index in [-0.39, 0.29) is 12.1 Å². The molecule has 0 bridgehead atoms. The van der Waals surface area contributed by atoms with Crippen molar-refractivity contribution in [2.24, 2.45) is 5.92 Å². The molecule has 1 aromatic heterocycles. The van der Waals surface area contributed by atoms with Crippen LogP contribution in [0.4, 0.5) is 4.79 Å². The zero-order chi connectivity index (χ0) is 15.4. The zero-order valence-electron chi connectivity index (χ0n) is 13.3. The second-order valence-electron chi connectivity index (χ2n) is 6.47. The number of amides is 2. The predicted molar refractivity (Wildman–Crippen MR) is 84.5 cm³/mol. The maximum atomic E-state index is 12.3. The van der Waals surface area contributed by atoms with E-state index in [9.17, 15) is 4.79 Å². The Balaban J connectivity index is 1.44. The van der Waals surface area contributed by atoms with Crippen molar-refractivity contribution in [3.8, 4) is 0 Å². The fraction of sp³-hybridized carbons (Fsp3) is 0.647. The van der Waals surface area contributed by atoms with Gasteiger partial charge in [0.1, 0.15) is 0 Å². The molecular formula is C17H25N3O2. The van der Waals surface area contributed by atoms with Gasteiger partial charge in [0.25, 0.3) is 0 Å². The quantitative estimate of drug-likeness (QED) is 0.909. The summed E-state index contributed by atoms with van der Waals surface area (Å²) in [6, 6.07) is 3.94. The van der Waals surface area contributed by atoms with Crippen LogP contribution in [0.5, 0.6) is 0 Å². The molecule has 0 spiro atoms. The van der Waals surface area contributed by atoms with E-state index in [2.05, 4.69) is 10.3 Å². The maximum absolute atomic E-state index is 12.3. The highest BCUT2D eigenvalue weighted by molar-refractivity contribution is 5.74. The summed E-state index contributed by atoms with van der Waals surface area (Å²) in [6.45, 7) is 4.90. The molecule has 1 aliphatic heterocycles. The molecular weight excluding hydrogens is 278 g/mol. The van der Waals surface area contributed by atoms with Gasteiger partial charge in [0.05, 0.1) is 18.3 Å². The van der Waals surface area contributed by atoms with Crippen molar-refractivity contribution in [2.45, 2.75) is 45.3 Å². The van der Waals surface area contributed by atoms with Crippen LogP contribution < -0.4 is 5.32 Å². The number of hydrogen-bond acceptors (Lipinski definition) is 3. The van der Waals surface area contributed by atoms with Crippen molar-refractivity contribution in [1.29, 1.82) is 0 Å². The van der Waals surface area contributed by atoms with Crippen molar-refractivity contribution in [3.05, 3.63) is 29.6 Å². The van der Waals surface area contributed by atoms with Gasteiger partial charge in [-0.2, -0.15) is 0 Å². The number of carbonyl (C=O) groups is 1. The number of piperidine rings is 1. The van der Waals surface area contributed by atoms with Gasteiger partial charge in [-0.25, -0.2) is 4.79 Å². The molecule has 2 amide bonds. The van der Waals surface area contributed by atoms with Crippen LogP contribution in [0.25, 0.3) is 0 Å². The van der Waals surface area contributed by atoms with Gasteiger partial charge in [-0.3, -0.25) is 4.98 Å². The van der Waals surface area contributed by atoms with Gasteiger partial charge in [-0.1, -0.05) is 0 Å². The van der Waals surface area contributed by atoms with Gasteiger partial charge in [-0.05, 0) is 56.2 Å². The van der Waals surface area contributed by atoms with Gasteiger partial charge in [0, 0.05) is 25.9 Å². The first-order valence-corrected chi connectivity index (χ1v) is 8.26. The summed E-state index contributed by atoms with van der Waals surface area (Å²) in [5.74, 6) is 0.775. The third-order valence-corrected chi connectivity index (χ3v) is 4.32. The number of urea groups is 1. The molecule has 3 rings (SSSR count). The molecule has 2 fully saturated rings. The van der Waals surface area contributed by atoms with Gasteiger partial charge in [0.2, 0.25) is 0 Å². The Labute approximate surface area is 132 Å². The largest absolute Gasteiger partial charge is 0.376 e. The lowest BCUT2D eigenvalue weighted by Crippen LogP contribution is -2.47. The Morgan fingerprint density at radius 1 is 1.45 bits per heavy atom. The second kappa shape index (κ2) is 7.09. The minimum Gasteiger partial charge on any atom is -0.376 e. The lowest BCUT2D eigenvalue weighted by Gasteiger charge is -2.32. The summed E-state index contributed by atoms with van der Waals surface area (Å²) >= 11 is 0.